The van der Waals surface area contributed by atoms with Crippen LogP contribution in [0.4, 0.5) is 19.0 Å². The summed E-state index contributed by atoms with van der Waals surface area (Å²) in [5.41, 5.74) is 0.215. The quantitative estimate of drug-likeness (QED) is 0.841. The summed E-state index contributed by atoms with van der Waals surface area (Å²) in [4.78, 5) is 15.7. The van der Waals surface area contributed by atoms with E-state index >= 15 is 0 Å². The predicted molar refractivity (Wildman–Crippen MR) is 70.9 cm³/mol. The van der Waals surface area contributed by atoms with Crippen LogP contribution in [0.15, 0.2) is 28.9 Å². The van der Waals surface area contributed by atoms with Crippen LogP contribution in [0.25, 0.3) is 0 Å². The lowest BCUT2D eigenvalue weighted by molar-refractivity contribution is 0.102. The van der Waals surface area contributed by atoms with Crippen molar-refractivity contribution in [2.75, 3.05) is 5.32 Å². The van der Waals surface area contributed by atoms with Crippen LogP contribution < -0.4 is 5.32 Å². The topological polar surface area (TPSA) is 42.0 Å². The van der Waals surface area contributed by atoms with E-state index in [0.29, 0.717) is 6.07 Å². The van der Waals surface area contributed by atoms with Crippen LogP contribution in [-0.4, -0.2) is 10.9 Å². The number of nitrogens with one attached hydrogen (secondary N) is 1. The number of hydrogen-bond donors (Lipinski definition) is 1. The molecule has 1 amide bonds. The smallest absolute Gasteiger partial charge is 0.259 e. The second-order valence-corrected chi connectivity index (χ2v) is 4.85. The second-order valence-electron chi connectivity index (χ2n) is 4.00. The van der Waals surface area contributed by atoms with Gasteiger partial charge in [-0.15, -0.1) is 0 Å². The van der Waals surface area contributed by atoms with Crippen LogP contribution in [0.5, 0.6) is 0 Å². The molecule has 0 unspecified atom stereocenters. The van der Waals surface area contributed by atoms with E-state index in [1.165, 1.54) is 6.20 Å². The lowest BCUT2D eigenvalue weighted by Crippen LogP contribution is -2.16. The van der Waals surface area contributed by atoms with Gasteiger partial charge >= 0.3 is 0 Å². The van der Waals surface area contributed by atoms with Crippen molar-refractivity contribution >= 4 is 27.7 Å². The summed E-state index contributed by atoms with van der Waals surface area (Å²) >= 11 is 3.24. The Labute approximate surface area is 121 Å². The molecule has 104 valence electrons. The van der Waals surface area contributed by atoms with Gasteiger partial charge in [-0.25, -0.2) is 18.2 Å². The molecule has 0 spiro atoms. The van der Waals surface area contributed by atoms with Crippen LogP contribution in [0, 0.1) is 24.4 Å². The van der Waals surface area contributed by atoms with Gasteiger partial charge in [0.15, 0.2) is 17.5 Å². The van der Waals surface area contributed by atoms with Crippen LogP contribution in [0.2, 0.25) is 0 Å². The summed E-state index contributed by atoms with van der Waals surface area (Å²) in [5, 5.41) is 2.31. The standard InChI is InChI=1S/C13H8BrF3N2O/c1-6-4-10(18-5-8(6)14)19-13(20)7-2-3-9(15)12(17)11(7)16/h2-5H,1H3,(H,18,19,20). The Balaban J connectivity index is 2.28. The first-order chi connectivity index (χ1) is 9.40. The summed E-state index contributed by atoms with van der Waals surface area (Å²) in [7, 11) is 0. The highest BCUT2D eigenvalue weighted by atomic mass is 79.9. The molecule has 0 fully saturated rings. The number of aryl methyl sites for hydroxylation is 1. The Morgan fingerprint density at radius 1 is 1.25 bits per heavy atom. The summed E-state index contributed by atoms with van der Waals surface area (Å²) in [6, 6.07) is 3.11. The highest BCUT2D eigenvalue weighted by Crippen LogP contribution is 2.19. The molecule has 2 aromatic rings. The fraction of sp³-hybridized carbons (Fsp3) is 0.0769. The molecule has 0 saturated carbocycles. The third-order valence-corrected chi connectivity index (χ3v) is 3.40. The number of pyridine rings is 1. The minimum Gasteiger partial charge on any atom is -0.306 e. The van der Waals surface area contributed by atoms with Crippen molar-refractivity contribution in [3.05, 3.63) is 57.4 Å². The highest BCUT2D eigenvalue weighted by molar-refractivity contribution is 9.10. The first kappa shape index (κ1) is 14.5. The zero-order valence-corrected chi connectivity index (χ0v) is 11.8. The molecule has 1 aromatic heterocycles. The van der Waals surface area contributed by atoms with E-state index in [4.69, 9.17) is 0 Å². The molecule has 1 heterocycles. The van der Waals surface area contributed by atoms with Crippen LogP contribution >= 0.6 is 15.9 Å². The number of carbonyl (C=O) groups is 1. The lowest BCUT2D eigenvalue weighted by Gasteiger charge is -2.07. The number of aromatic nitrogens is 1. The molecule has 1 aromatic carbocycles. The van der Waals surface area contributed by atoms with E-state index in [-0.39, 0.29) is 5.82 Å². The van der Waals surface area contributed by atoms with Gasteiger partial charge in [-0.2, -0.15) is 0 Å². The maximum Gasteiger partial charge on any atom is 0.259 e. The van der Waals surface area contributed by atoms with E-state index in [1.54, 1.807) is 13.0 Å². The van der Waals surface area contributed by atoms with Crippen molar-refractivity contribution in [2.45, 2.75) is 6.92 Å². The normalized spacial score (nSPS) is 10.4. The maximum atomic E-state index is 13.5. The third-order valence-electron chi connectivity index (χ3n) is 2.57. The fourth-order valence-corrected chi connectivity index (χ4v) is 1.71. The molecule has 1 N–H and O–H groups in total. The average molecular weight is 345 g/mol. The summed E-state index contributed by atoms with van der Waals surface area (Å²) in [6.45, 7) is 1.78. The number of anilines is 1. The number of benzene rings is 1. The number of hydrogen-bond acceptors (Lipinski definition) is 2. The van der Waals surface area contributed by atoms with Gasteiger partial charge in [-0.1, -0.05) is 0 Å². The monoisotopic (exact) mass is 344 g/mol. The number of carbonyl (C=O) groups excluding carboxylic acids is 1. The molecule has 0 aliphatic heterocycles. The summed E-state index contributed by atoms with van der Waals surface area (Å²) in [6.07, 6.45) is 1.46. The highest BCUT2D eigenvalue weighted by Gasteiger charge is 2.19. The van der Waals surface area contributed by atoms with Crippen molar-refractivity contribution in [3.8, 4) is 0 Å². The number of halogens is 4. The van der Waals surface area contributed by atoms with Crippen molar-refractivity contribution in [2.24, 2.45) is 0 Å². The Morgan fingerprint density at radius 2 is 1.95 bits per heavy atom. The molecular weight excluding hydrogens is 337 g/mol. The first-order valence-electron chi connectivity index (χ1n) is 5.47. The van der Waals surface area contributed by atoms with Gasteiger partial charge in [0.2, 0.25) is 0 Å². The molecule has 2 rings (SSSR count). The van der Waals surface area contributed by atoms with Gasteiger partial charge in [0.1, 0.15) is 5.82 Å². The maximum absolute atomic E-state index is 13.5. The Hall–Kier alpha value is -1.89. The van der Waals surface area contributed by atoms with Gasteiger partial charge < -0.3 is 5.32 Å². The molecule has 20 heavy (non-hydrogen) atoms. The molecule has 0 aliphatic carbocycles. The minimum absolute atomic E-state index is 0.180. The summed E-state index contributed by atoms with van der Waals surface area (Å²) < 4.78 is 40.0. The third kappa shape index (κ3) is 2.82. The molecule has 0 bridgehead atoms. The van der Waals surface area contributed by atoms with Crippen molar-refractivity contribution < 1.29 is 18.0 Å². The zero-order valence-electron chi connectivity index (χ0n) is 10.2. The number of amides is 1. The Kier molecular flexibility index (Phi) is 4.08. The van der Waals surface area contributed by atoms with E-state index in [0.717, 1.165) is 16.1 Å². The lowest BCUT2D eigenvalue weighted by atomic mass is 10.2. The zero-order chi connectivity index (χ0) is 14.9. The van der Waals surface area contributed by atoms with Gasteiger partial charge in [0.25, 0.3) is 5.91 Å². The van der Waals surface area contributed by atoms with Crippen LogP contribution in [-0.2, 0) is 0 Å². The summed E-state index contributed by atoms with van der Waals surface area (Å²) in [5.74, 6) is -5.29. The Bertz CT molecular complexity index is 692. The molecule has 0 atom stereocenters. The largest absolute Gasteiger partial charge is 0.306 e. The number of nitrogens with zero attached hydrogens (tertiary/aromatic N) is 1. The molecule has 3 nitrogen and oxygen atoms in total. The van der Waals surface area contributed by atoms with Gasteiger partial charge in [0.05, 0.1) is 5.56 Å². The van der Waals surface area contributed by atoms with E-state index < -0.39 is 28.9 Å². The average Bonchev–Trinajstić information content (AvgIpc) is 2.40. The van der Waals surface area contributed by atoms with Crippen LogP contribution in [0.1, 0.15) is 15.9 Å². The minimum atomic E-state index is -1.68. The van der Waals surface area contributed by atoms with Gasteiger partial charge in [0, 0.05) is 10.7 Å². The predicted octanol–water partition coefficient (Wildman–Crippen LogP) is 3.82. The van der Waals surface area contributed by atoms with E-state index in [9.17, 15) is 18.0 Å². The molecular formula is C13H8BrF3N2O. The van der Waals surface area contributed by atoms with E-state index in [2.05, 4.69) is 26.2 Å². The van der Waals surface area contributed by atoms with Gasteiger partial charge in [-0.05, 0) is 46.6 Å². The second kappa shape index (κ2) is 5.62. The SMILES string of the molecule is Cc1cc(NC(=O)c2ccc(F)c(F)c2F)ncc1Br. The van der Waals surface area contributed by atoms with Crippen LogP contribution in [0.3, 0.4) is 0 Å². The van der Waals surface area contributed by atoms with Crippen molar-refractivity contribution in [3.63, 3.8) is 0 Å². The van der Waals surface area contributed by atoms with Crippen molar-refractivity contribution in [1.82, 2.24) is 4.98 Å². The first-order valence-corrected chi connectivity index (χ1v) is 6.26. The van der Waals surface area contributed by atoms with E-state index in [1.807, 2.05) is 0 Å². The fourth-order valence-electron chi connectivity index (χ4n) is 1.49. The molecule has 0 aliphatic rings. The number of rotatable bonds is 2. The Morgan fingerprint density at radius 3 is 2.60 bits per heavy atom. The molecule has 7 heteroatoms. The van der Waals surface area contributed by atoms with Gasteiger partial charge in [-0.3, -0.25) is 4.79 Å². The van der Waals surface area contributed by atoms with Crippen molar-refractivity contribution in [1.29, 1.82) is 0 Å². The molecule has 0 radical (unpaired) electrons. The molecule has 0 saturated heterocycles.